The first-order valence-corrected chi connectivity index (χ1v) is 10.9. The Balaban J connectivity index is 0.00000363. The molecule has 0 aliphatic rings. The fraction of sp³-hybridized carbons (Fsp3) is 0.360. The number of benzene rings is 2. The van der Waals surface area contributed by atoms with E-state index in [1.165, 1.54) is 0 Å². The molecule has 0 spiro atoms. The number of hydrogen-bond donors (Lipinski definition) is 2. The molecule has 7 heteroatoms. The number of carbonyl (C=O) groups excluding carboxylic acids is 1. The number of halogens is 1. The number of aliphatic imine (C=N–C) groups is 1. The first-order valence-electron chi connectivity index (χ1n) is 10.9. The van der Waals surface area contributed by atoms with E-state index in [0.717, 1.165) is 40.4 Å². The molecule has 0 saturated carbocycles. The second-order valence-corrected chi connectivity index (χ2v) is 7.37. The second kappa shape index (κ2) is 12.5. The Kier molecular flexibility index (Phi) is 10.0. The number of aryl methyl sites for hydroxylation is 1. The molecule has 0 aliphatic carbocycles. The third kappa shape index (κ3) is 6.25. The molecule has 1 heterocycles. The summed E-state index contributed by atoms with van der Waals surface area (Å²) in [4.78, 5) is 19.0. The summed E-state index contributed by atoms with van der Waals surface area (Å²) in [6, 6.07) is 15.8. The monoisotopic (exact) mass is 548 g/mol. The van der Waals surface area contributed by atoms with E-state index in [2.05, 4.69) is 28.6 Å². The molecule has 6 nitrogen and oxygen atoms in total. The van der Waals surface area contributed by atoms with Crippen molar-refractivity contribution in [1.82, 2.24) is 15.5 Å². The molecular weight excluding hydrogens is 515 g/mol. The maximum Gasteiger partial charge on any atom is 0.253 e. The van der Waals surface area contributed by atoms with Crippen molar-refractivity contribution >= 4 is 46.8 Å². The first kappa shape index (κ1) is 25.7. The number of fused-ring (bicyclic) bond motifs is 1. The molecule has 1 amide bonds. The van der Waals surface area contributed by atoms with E-state index in [4.69, 9.17) is 4.42 Å². The van der Waals surface area contributed by atoms with Gasteiger partial charge < -0.3 is 20.0 Å². The summed E-state index contributed by atoms with van der Waals surface area (Å²) >= 11 is 0. The maximum atomic E-state index is 12.5. The van der Waals surface area contributed by atoms with Crippen LogP contribution in [0.1, 0.15) is 48.0 Å². The van der Waals surface area contributed by atoms with Crippen LogP contribution in [0.4, 0.5) is 0 Å². The average molecular weight is 548 g/mol. The van der Waals surface area contributed by atoms with Gasteiger partial charge in [-0.2, -0.15) is 0 Å². The summed E-state index contributed by atoms with van der Waals surface area (Å²) in [7, 11) is 0. The molecule has 32 heavy (non-hydrogen) atoms. The topological polar surface area (TPSA) is 69.9 Å². The molecule has 0 fully saturated rings. The zero-order chi connectivity index (χ0) is 22.2. The molecule has 172 valence electrons. The van der Waals surface area contributed by atoms with Gasteiger partial charge in [-0.25, -0.2) is 4.99 Å². The Labute approximate surface area is 207 Å². The number of furan rings is 1. The summed E-state index contributed by atoms with van der Waals surface area (Å²) in [5.74, 6) is 1.70. The molecule has 0 aliphatic heterocycles. The largest absolute Gasteiger partial charge is 0.459 e. The predicted octanol–water partition coefficient (Wildman–Crippen LogP) is 5.10. The smallest absolute Gasteiger partial charge is 0.253 e. The van der Waals surface area contributed by atoms with Gasteiger partial charge in [0.15, 0.2) is 5.96 Å². The number of rotatable bonds is 8. The van der Waals surface area contributed by atoms with Gasteiger partial charge in [0.1, 0.15) is 11.3 Å². The minimum atomic E-state index is 0. The average Bonchev–Trinajstić information content (AvgIpc) is 3.12. The Bertz CT molecular complexity index is 1040. The Hall–Kier alpha value is -2.55. The number of carbonyl (C=O) groups is 1. The van der Waals surface area contributed by atoms with Gasteiger partial charge in [-0.1, -0.05) is 30.3 Å². The first-order chi connectivity index (χ1) is 15.1. The van der Waals surface area contributed by atoms with Gasteiger partial charge in [-0.05, 0) is 51.5 Å². The summed E-state index contributed by atoms with van der Waals surface area (Å²) in [6.45, 7) is 11.4. The molecule has 1 aromatic heterocycles. The number of nitrogens with zero attached hydrogens (tertiary/aromatic N) is 2. The number of hydrogen-bond acceptors (Lipinski definition) is 3. The van der Waals surface area contributed by atoms with Crippen molar-refractivity contribution in [1.29, 1.82) is 0 Å². The van der Waals surface area contributed by atoms with Crippen LogP contribution < -0.4 is 10.6 Å². The van der Waals surface area contributed by atoms with E-state index in [-0.39, 0.29) is 29.9 Å². The molecule has 2 N–H and O–H groups in total. The minimum absolute atomic E-state index is 0. The van der Waals surface area contributed by atoms with Crippen LogP contribution in [0.25, 0.3) is 11.0 Å². The molecule has 0 bridgehead atoms. The van der Waals surface area contributed by atoms with Crippen LogP contribution in [0.5, 0.6) is 0 Å². The molecule has 3 aromatic rings. The van der Waals surface area contributed by atoms with Crippen LogP contribution in [-0.2, 0) is 13.1 Å². The molecule has 2 aromatic carbocycles. The molecular formula is C25H33IN4O2. The quantitative estimate of drug-likeness (QED) is 0.234. The van der Waals surface area contributed by atoms with E-state index >= 15 is 0 Å². The van der Waals surface area contributed by atoms with Crippen molar-refractivity contribution < 1.29 is 9.21 Å². The van der Waals surface area contributed by atoms with Gasteiger partial charge in [-0.15, -0.1) is 24.0 Å². The number of para-hydroxylation sites is 1. The van der Waals surface area contributed by atoms with Crippen molar-refractivity contribution in [2.45, 2.75) is 40.8 Å². The van der Waals surface area contributed by atoms with Crippen LogP contribution in [0.3, 0.4) is 0 Å². The maximum absolute atomic E-state index is 12.5. The lowest BCUT2D eigenvalue weighted by atomic mass is 10.1. The highest BCUT2D eigenvalue weighted by molar-refractivity contribution is 14.0. The Morgan fingerprint density at radius 2 is 1.69 bits per heavy atom. The van der Waals surface area contributed by atoms with Crippen LogP contribution in [0.2, 0.25) is 0 Å². The molecule has 3 rings (SSSR count). The van der Waals surface area contributed by atoms with E-state index in [0.29, 0.717) is 31.7 Å². The van der Waals surface area contributed by atoms with Crippen molar-refractivity contribution in [2.75, 3.05) is 19.6 Å². The van der Waals surface area contributed by atoms with Crippen LogP contribution in [-0.4, -0.2) is 36.4 Å². The lowest BCUT2D eigenvalue weighted by Crippen LogP contribution is -2.36. The lowest BCUT2D eigenvalue weighted by molar-refractivity contribution is 0.0773. The van der Waals surface area contributed by atoms with E-state index in [1.54, 1.807) is 0 Å². The third-order valence-corrected chi connectivity index (χ3v) is 5.37. The third-order valence-electron chi connectivity index (χ3n) is 5.37. The second-order valence-electron chi connectivity index (χ2n) is 7.37. The molecule has 0 saturated heterocycles. The fourth-order valence-electron chi connectivity index (χ4n) is 3.52. The van der Waals surface area contributed by atoms with Crippen LogP contribution in [0, 0.1) is 6.92 Å². The Morgan fingerprint density at radius 1 is 1.00 bits per heavy atom. The summed E-state index contributed by atoms with van der Waals surface area (Å²) in [5.41, 5.74) is 3.81. The van der Waals surface area contributed by atoms with Gasteiger partial charge in [0, 0.05) is 36.1 Å². The van der Waals surface area contributed by atoms with E-state index < -0.39 is 0 Å². The highest BCUT2D eigenvalue weighted by Crippen LogP contribution is 2.24. The molecule has 0 radical (unpaired) electrons. The van der Waals surface area contributed by atoms with Gasteiger partial charge in [0.25, 0.3) is 5.91 Å². The van der Waals surface area contributed by atoms with E-state index in [9.17, 15) is 4.79 Å². The van der Waals surface area contributed by atoms with Gasteiger partial charge >= 0.3 is 0 Å². The summed E-state index contributed by atoms with van der Waals surface area (Å²) < 4.78 is 5.98. The highest BCUT2D eigenvalue weighted by Gasteiger charge is 2.12. The van der Waals surface area contributed by atoms with Crippen molar-refractivity contribution in [2.24, 2.45) is 4.99 Å². The zero-order valence-corrected chi connectivity index (χ0v) is 21.6. The lowest BCUT2D eigenvalue weighted by Gasteiger charge is -2.18. The van der Waals surface area contributed by atoms with E-state index in [1.807, 2.05) is 68.1 Å². The summed E-state index contributed by atoms with van der Waals surface area (Å²) in [6.07, 6.45) is 0. The standard InChI is InChI=1S/C25H32N4O2.HI/c1-5-26-25(28-17-23-18(4)21-10-8-9-11-22(21)31-23)27-16-19-12-14-20(15-13-19)24(30)29(6-2)7-3;/h8-15H,5-7,16-17H2,1-4H3,(H2,26,27,28);1H. The van der Waals surface area contributed by atoms with Gasteiger partial charge in [0.2, 0.25) is 0 Å². The van der Waals surface area contributed by atoms with Crippen molar-refractivity contribution in [3.63, 3.8) is 0 Å². The van der Waals surface area contributed by atoms with Crippen molar-refractivity contribution in [3.05, 3.63) is 71.0 Å². The predicted molar refractivity (Wildman–Crippen MR) is 142 cm³/mol. The van der Waals surface area contributed by atoms with Gasteiger partial charge in [-0.3, -0.25) is 4.79 Å². The van der Waals surface area contributed by atoms with Crippen molar-refractivity contribution in [3.8, 4) is 0 Å². The minimum Gasteiger partial charge on any atom is -0.459 e. The van der Waals surface area contributed by atoms with Gasteiger partial charge in [0.05, 0.1) is 13.1 Å². The highest BCUT2D eigenvalue weighted by atomic mass is 127. The fourth-order valence-corrected chi connectivity index (χ4v) is 3.52. The summed E-state index contributed by atoms with van der Waals surface area (Å²) in [5, 5.41) is 7.77. The number of amides is 1. The number of guanidine groups is 1. The zero-order valence-electron chi connectivity index (χ0n) is 19.3. The Morgan fingerprint density at radius 3 is 2.31 bits per heavy atom. The van der Waals surface area contributed by atoms with Crippen LogP contribution >= 0.6 is 24.0 Å². The molecule has 0 unspecified atom stereocenters. The van der Waals surface area contributed by atoms with Crippen LogP contribution in [0.15, 0.2) is 57.9 Å². The number of nitrogens with one attached hydrogen (secondary N) is 2. The SMILES string of the molecule is CCNC(=NCc1ccc(C(=O)N(CC)CC)cc1)NCc1oc2ccccc2c1C.I. The molecule has 0 atom stereocenters. The normalized spacial score (nSPS) is 11.2.